The molecule has 0 aliphatic carbocycles. The zero-order valence-corrected chi connectivity index (χ0v) is 12.3. The van der Waals surface area contributed by atoms with E-state index in [9.17, 15) is 9.18 Å². The minimum atomic E-state index is -0.341. The standard InChI is InChI=1S/C12H12Br2FNO/c13-7-9-2-1-5-16(9)12(17)10-4-3-8(15)6-11(10)14/h3-4,6,9H,1-2,5,7H2. The summed E-state index contributed by atoms with van der Waals surface area (Å²) in [7, 11) is 0. The second-order valence-corrected chi connectivity index (χ2v) is 5.57. The number of likely N-dealkylation sites (tertiary alicyclic amines) is 1. The molecule has 17 heavy (non-hydrogen) atoms. The third kappa shape index (κ3) is 2.71. The van der Waals surface area contributed by atoms with E-state index < -0.39 is 0 Å². The van der Waals surface area contributed by atoms with Crippen LogP contribution in [0.25, 0.3) is 0 Å². The van der Waals surface area contributed by atoms with E-state index in [1.165, 1.54) is 18.2 Å². The summed E-state index contributed by atoms with van der Waals surface area (Å²) < 4.78 is 13.5. The van der Waals surface area contributed by atoms with Crippen molar-refractivity contribution in [3.63, 3.8) is 0 Å². The number of nitrogens with zero attached hydrogens (tertiary/aromatic N) is 1. The van der Waals surface area contributed by atoms with Crippen molar-refractivity contribution in [2.45, 2.75) is 18.9 Å². The molecule has 1 heterocycles. The molecule has 0 saturated carbocycles. The van der Waals surface area contributed by atoms with Gasteiger partial charge in [0.1, 0.15) is 5.82 Å². The number of hydrogen-bond acceptors (Lipinski definition) is 1. The lowest BCUT2D eigenvalue weighted by atomic mass is 10.2. The van der Waals surface area contributed by atoms with Crippen LogP contribution in [0.3, 0.4) is 0 Å². The first-order valence-electron chi connectivity index (χ1n) is 5.45. The third-order valence-electron chi connectivity index (χ3n) is 2.98. The van der Waals surface area contributed by atoms with Crippen molar-refractivity contribution in [3.05, 3.63) is 34.1 Å². The maximum atomic E-state index is 13.0. The van der Waals surface area contributed by atoms with Gasteiger partial charge in [0.25, 0.3) is 5.91 Å². The van der Waals surface area contributed by atoms with Gasteiger partial charge in [0, 0.05) is 22.4 Å². The summed E-state index contributed by atoms with van der Waals surface area (Å²) in [6.45, 7) is 0.777. The molecule has 2 rings (SSSR count). The van der Waals surface area contributed by atoms with Gasteiger partial charge in [-0.2, -0.15) is 0 Å². The predicted molar refractivity (Wildman–Crippen MR) is 72.0 cm³/mol. The van der Waals surface area contributed by atoms with Crippen molar-refractivity contribution in [3.8, 4) is 0 Å². The average molecular weight is 365 g/mol. The number of halogens is 3. The number of rotatable bonds is 2. The van der Waals surface area contributed by atoms with Crippen LogP contribution in [0.4, 0.5) is 4.39 Å². The van der Waals surface area contributed by atoms with Gasteiger partial charge in [0.05, 0.1) is 5.56 Å². The minimum Gasteiger partial charge on any atom is -0.335 e. The van der Waals surface area contributed by atoms with Crippen molar-refractivity contribution >= 4 is 37.8 Å². The Hall–Kier alpha value is -0.420. The molecule has 5 heteroatoms. The van der Waals surface area contributed by atoms with E-state index >= 15 is 0 Å². The molecular weight excluding hydrogens is 353 g/mol. The fourth-order valence-electron chi connectivity index (χ4n) is 2.08. The topological polar surface area (TPSA) is 20.3 Å². The zero-order chi connectivity index (χ0) is 12.4. The van der Waals surface area contributed by atoms with Gasteiger partial charge in [-0.15, -0.1) is 0 Å². The van der Waals surface area contributed by atoms with Crippen LogP contribution in [0.5, 0.6) is 0 Å². The highest BCUT2D eigenvalue weighted by molar-refractivity contribution is 9.10. The predicted octanol–water partition coefficient (Wildman–Crippen LogP) is 3.59. The molecule has 1 atom stereocenters. The van der Waals surface area contributed by atoms with Gasteiger partial charge >= 0.3 is 0 Å². The molecule has 1 aliphatic rings. The van der Waals surface area contributed by atoms with E-state index in [1.54, 1.807) is 0 Å². The first-order valence-corrected chi connectivity index (χ1v) is 7.37. The number of alkyl halides is 1. The molecule has 92 valence electrons. The lowest BCUT2D eigenvalue weighted by Crippen LogP contribution is -2.36. The number of benzene rings is 1. The van der Waals surface area contributed by atoms with Crippen molar-refractivity contribution in [2.75, 3.05) is 11.9 Å². The van der Waals surface area contributed by atoms with Crippen LogP contribution in [0, 0.1) is 5.82 Å². The van der Waals surface area contributed by atoms with Gasteiger partial charge in [-0.1, -0.05) is 15.9 Å². The summed E-state index contributed by atoms with van der Waals surface area (Å²) >= 11 is 6.66. The van der Waals surface area contributed by atoms with Crippen molar-refractivity contribution in [1.82, 2.24) is 4.90 Å². The number of carbonyl (C=O) groups excluding carboxylic acids is 1. The Bertz CT molecular complexity index is 439. The molecule has 1 saturated heterocycles. The largest absolute Gasteiger partial charge is 0.335 e. The molecule has 0 aromatic heterocycles. The second kappa shape index (κ2) is 5.48. The summed E-state index contributed by atoms with van der Waals surface area (Å²) in [5.74, 6) is -0.370. The van der Waals surface area contributed by atoms with Crippen molar-refractivity contribution < 1.29 is 9.18 Å². The van der Waals surface area contributed by atoms with E-state index in [0.29, 0.717) is 10.0 Å². The van der Waals surface area contributed by atoms with Gasteiger partial charge in [-0.3, -0.25) is 4.79 Å². The number of hydrogen-bond donors (Lipinski definition) is 0. The van der Waals surface area contributed by atoms with Crippen LogP contribution in [-0.4, -0.2) is 28.7 Å². The van der Waals surface area contributed by atoms with E-state index in [4.69, 9.17) is 0 Å². The monoisotopic (exact) mass is 363 g/mol. The lowest BCUT2D eigenvalue weighted by molar-refractivity contribution is 0.0749. The SMILES string of the molecule is O=C(c1ccc(F)cc1Br)N1CCCC1CBr. The summed E-state index contributed by atoms with van der Waals surface area (Å²) in [5, 5.41) is 0.789. The molecule has 0 N–H and O–H groups in total. The third-order valence-corrected chi connectivity index (χ3v) is 4.38. The molecule has 1 aromatic rings. The molecule has 1 amide bonds. The highest BCUT2D eigenvalue weighted by atomic mass is 79.9. The summed E-state index contributed by atoms with van der Waals surface area (Å²) in [4.78, 5) is 14.2. The van der Waals surface area contributed by atoms with Crippen molar-refractivity contribution in [1.29, 1.82) is 0 Å². The molecular formula is C12H12Br2FNO. The molecule has 1 unspecified atom stereocenters. The second-order valence-electron chi connectivity index (χ2n) is 4.07. The summed E-state index contributed by atoms with van der Waals surface area (Å²) in [5.41, 5.74) is 0.527. The van der Waals surface area contributed by atoms with Crippen LogP contribution in [0.15, 0.2) is 22.7 Å². The fourth-order valence-corrected chi connectivity index (χ4v) is 3.27. The molecule has 1 fully saturated rings. The Labute approximate surface area is 116 Å². The maximum Gasteiger partial charge on any atom is 0.255 e. The smallest absolute Gasteiger partial charge is 0.255 e. The van der Waals surface area contributed by atoms with E-state index in [1.807, 2.05) is 4.90 Å². The van der Waals surface area contributed by atoms with Crippen LogP contribution >= 0.6 is 31.9 Å². The molecule has 0 spiro atoms. The Balaban J connectivity index is 2.24. The lowest BCUT2D eigenvalue weighted by Gasteiger charge is -2.23. The Morgan fingerprint density at radius 2 is 2.29 bits per heavy atom. The average Bonchev–Trinajstić information content (AvgIpc) is 2.76. The van der Waals surface area contributed by atoms with Crippen molar-refractivity contribution in [2.24, 2.45) is 0 Å². The highest BCUT2D eigenvalue weighted by Gasteiger charge is 2.29. The van der Waals surface area contributed by atoms with Gasteiger partial charge in [0.2, 0.25) is 0 Å². The van der Waals surface area contributed by atoms with Gasteiger partial charge in [-0.25, -0.2) is 4.39 Å². The number of amides is 1. The zero-order valence-electron chi connectivity index (χ0n) is 9.13. The van der Waals surface area contributed by atoms with Crippen LogP contribution in [0.1, 0.15) is 23.2 Å². The van der Waals surface area contributed by atoms with E-state index in [2.05, 4.69) is 31.9 Å². The highest BCUT2D eigenvalue weighted by Crippen LogP contribution is 2.25. The first-order chi connectivity index (χ1) is 8.13. The van der Waals surface area contributed by atoms with E-state index in [0.717, 1.165) is 24.7 Å². The molecule has 2 nitrogen and oxygen atoms in total. The fraction of sp³-hybridized carbons (Fsp3) is 0.417. The van der Waals surface area contributed by atoms with Crippen LogP contribution < -0.4 is 0 Å². The Morgan fingerprint density at radius 3 is 2.94 bits per heavy atom. The number of carbonyl (C=O) groups is 1. The molecule has 1 aliphatic heterocycles. The van der Waals surface area contributed by atoms with Gasteiger partial charge in [-0.05, 0) is 47.0 Å². The van der Waals surface area contributed by atoms with E-state index in [-0.39, 0.29) is 17.8 Å². The van der Waals surface area contributed by atoms with Gasteiger partial charge in [0.15, 0.2) is 0 Å². The minimum absolute atomic E-state index is 0.0289. The Morgan fingerprint density at radius 1 is 1.53 bits per heavy atom. The Kier molecular flexibility index (Phi) is 4.20. The molecule has 0 bridgehead atoms. The molecule has 0 radical (unpaired) electrons. The van der Waals surface area contributed by atoms with Gasteiger partial charge < -0.3 is 4.90 Å². The maximum absolute atomic E-state index is 13.0. The first kappa shape index (κ1) is 13.0. The normalized spacial score (nSPS) is 19.7. The summed E-state index contributed by atoms with van der Waals surface area (Å²) in [6.07, 6.45) is 2.05. The van der Waals surface area contributed by atoms with Crippen LogP contribution in [0.2, 0.25) is 0 Å². The quantitative estimate of drug-likeness (QED) is 0.734. The van der Waals surface area contributed by atoms with Crippen LogP contribution in [-0.2, 0) is 0 Å². The molecule has 1 aromatic carbocycles. The summed E-state index contributed by atoms with van der Waals surface area (Å²) in [6, 6.07) is 4.43.